The maximum Gasteiger partial charge on any atom is 0.336 e. The molecule has 0 aliphatic carbocycles. The predicted molar refractivity (Wildman–Crippen MR) is 84.7 cm³/mol. The van der Waals surface area contributed by atoms with Gasteiger partial charge in [0.25, 0.3) is 0 Å². The smallest absolute Gasteiger partial charge is 0.336 e. The minimum Gasteiger partial charge on any atom is -0.478 e. The molecule has 1 heterocycles. The Bertz CT molecular complexity index is 548. The number of aromatic carboxylic acids is 1. The summed E-state index contributed by atoms with van der Waals surface area (Å²) in [7, 11) is 0. The van der Waals surface area contributed by atoms with Gasteiger partial charge in [0, 0.05) is 23.2 Å². The molecule has 21 heavy (non-hydrogen) atoms. The first kappa shape index (κ1) is 15.8. The second-order valence-corrected chi connectivity index (χ2v) is 6.17. The van der Waals surface area contributed by atoms with Gasteiger partial charge in [-0.05, 0) is 52.9 Å². The third kappa shape index (κ3) is 3.97. The van der Waals surface area contributed by atoms with Gasteiger partial charge in [-0.25, -0.2) is 9.59 Å². The van der Waals surface area contributed by atoms with Crippen LogP contribution in [0, 0.1) is 5.92 Å². The van der Waals surface area contributed by atoms with Crippen molar-refractivity contribution in [2.75, 3.05) is 18.4 Å². The number of carboxylic acids is 1. The standard InChI is InChI=1S/C15H19BrN2O3/c1-2-3-10-6-7-18(9-10)15(21)17-11-4-5-13(16)12(8-11)14(19)20/h4-5,8,10H,2-3,6-7,9H2,1H3,(H,17,21)(H,19,20). The van der Waals surface area contributed by atoms with E-state index < -0.39 is 5.97 Å². The van der Waals surface area contributed by atoms with Crippen LogP contribution in [0.25, 0.3) is 0 Å². The Kier molecular flexibility index (Phi) is 5.22. The summed E-state index contributed by atoms with van der Waals surface area (Å²) in [4.78, 5) is 25.1. The van der Waals surface area contributed by atoms with E-state index in [4.69, 9.17) is 5.11 Å². The maximum atomic E-state index is 12.2. The molecular formula is C15H19BrN2O3. The number of amides is 2. The molecule has 0 saturated carbocycles. The summed E-state index contributed by atoms with van der Waals surface area (Å²) >= 11 is 3.18. The number of carbonyl (C=O) groups excluding carboxylic acids is 1. The van der Waals surface area contributed by atoms with Gasteiger partial charge in [-0.1, -0.05) is 13.3 Å². The molecule has 2 N–H and O–H groups in total. The van der Waals surface area contributed by atoms with Crippen molar-refractivity contribution in [3.05, 3.63) is 28.2 Å². The lowest BCUT2D eigenvalue weighted by atomic mass is 10.0. The molecule has 1 aromatic carbocycles. The van der Waals surface area contributed by atoms with Gasteiger partial charge in [-0.15, -0.1) is 0 Å². The van der Waals surface area contributed by atoms with Gasteiger partial charge in [-0.3, -0.25) is 0 Å². The normalized spacial score (nSPS) is 17.8. The molecule has 2 amide bonds. The molecule has 1 atom stereocenters. The van der Waals surface area contributed by atoms with E-state index in [2.05, 4.69) is 28.2 Å². The molecule has 5 nitrogen and oxygen atoms in total. The first-order chi connectivity index (χ1) is 10.0. The Morgan fingerprint density at radius 1 is 1.48 bits per heavy atom. The summed E-state index contributed by atoms with van der Waals surface area (Å²) in [5, 5.41) is 11.8. The fourth-order valence-corrected chi connectivity index (χ4v) is 3.05. The Morgan fingerprint density at radius 3 is 2.90 bits per heavy atom. The van der Waals surface area contributed by atoms with Gasteiger partial charge < -0.3 is 15.3 Å². The van der Waals surface area contributed by atoms with Gasteiger partial charge in [0.1, 0.15) is 0 Å². The summed E-state index contributed by atoms with van der Waals surface area (Å²) in [6, 6.07) is 4.62. The molecular weight excluding hydrogens is 336 g/mol. The summed E-state index contributed by atoms with van der Waals surface area (Å²) in [5.74, 6) is -0.442. The van der Waals surface area contributed by atoms with E-state index in [0.29, 0.717) is 16.1 Å². The van der Waals surface area contributed by atoms with Crippen LogP contribution >= 0.6 is 15.9 Å². The van der Waals surface area contributed by atoms with Gasteiger partial charge in [-0.2, -0.15) is 0 Å². The number of hydrogen-bond acceptors (Lipinski definition) is 2. The van der Waals surface area contributed by atoms with E-state index in [0.717, 1.165) is 32.4 Å². The van der Waals surface area contributed by atoms with Crippen LogP contribution in [0.15, 0.2) is 22.7 Å². The first-order valence-corrected chi connectivity index (χ1v) is 7.89. The van der Waals surface area contributed by atoms with Crippen molar-refractivity contribution < 1.29 is 14.7 Å². The van der Waals surface area contributed by atoms with Gasteiger partial charge in [0.05, 0.1) is 5.56 Å². The molecule has 1 saturated heterocycles. The molecule has 0 aromatic heterocycles. The zero-order valence-corrected chi connectivity index (χ0v) is 13.5. The molecule has 0 radical (unpaired) electrons. The number of anilines is 1. The first-order valence-electron chi connectivity index (χ1n) is 7.10. The number of nitrogens with one attached hydrogen (secondary N) is 1. The molecule has 1 unspecified atom stereocenters. The van der Waals surface area contributed by atoms with Crippen LogP contribution in [0.3, 0.4) is 0 Å². The van der Waals surface area contributed by atoms with Crippen LogP contribution < -0.4 is 5.32 Å². The van der Waals surface area contributed by atoms with Crippen LogP contribution in [0.2, 0.25) is 0 Å². The third-order valence-electron chi connectivity index (χ3n) is 3.72. The number of rotatable bonds is 4. The molecule has 0 bridgehead atoms. The van der Waals surface area contributed by atoms with E-state index in [9.17, 15) is 9.59 Å². The minimum atomic E-state index is -1.03. The van der Waals surface area contributed by atoms with Gasteiger partial charge in [0.15, 0.2) is 0 Å². The second kappa shape index (κ2) is 6.93. The SMILES string of the molecule is CCCC1CCN(C(=O)Nc2ccc(Br)c(C(=O)O)c2)C1. The fourth-order valence-electron chi connectivity index (χ4n) is 2.63. The molecule has 1 aliphatic heterocycles. The van der Waals surface area contributed by atoms with E-state index in [1.54, 1.807) is 17.0 Å². The van der Waals surface area contributed by atoms with Crippen molar-refractivity contribution in [1.82, 2.24) is 4.90 Å². The van der Waals surface area contributed by atoms with E-state index in [-0.39, 0.29) is 11.6 Å². The predicted octanol–water partition coefficient (Wildman–Crippen LogP) is 3.80. The summed E-state index contributed by atoms with van der Waals surface area (Å²) < 4.78 is 0.497. The molecule has 2 rings (SSSR count). The lowest BCUT2D eigenvalue weighted by Crippen LogP contribution is -2.33. The topological polar surface area (TPSA) is 69.6 Å². The number of nitrogens with zero attached hydrogens (tertiary/aromatic N) is 1. The van der Waals surface area contributed by atoms with Crippen molar-refractivity contribution in [2.24, 2.45) is 5.92 Å². The van der Waals surface area contributed by atoms with Crippen LogP contribution in [-0.4, -0.2) is 35.1 Å². The van der Waals surface area contributed by atoms with E-state index in [1.807, 2.05) is 0 Å². The highest BCUT2D eigenvalue weighted by Gasteiger charge is 2.25. The average molecular weight is 355 g/mol. The molecule has 0 spiro atoms. The van der Waals surface area contributed by atoms with Crippen molar-refractivity contribution in [1.29, 1.82) is 0 Å². The zero-order chi connectivity index (χ0) is 15.4. The van der Waals surface area contributed by atoms with E-state index in [1.165, 1.54) is 6.07 Å². The van der Waals surface area contributed by atoms with Crippen LogP contribution in [0.5, 0.6) is 0 Å². The monoisotopic (exact) mass is 354 g/mol. The molecule has 1 fully saturated rings. The third-order valence-corrected chi connectivity index (χ3v) is 4.41. The summed E-state index contributed by atoms with van der Waals surface area (Å²) in [6.07, 6.45) is 3.32. The number of likely N-dealkylation sites (tertiary alicyclic amines) is 1. The molecule has 114 valence electrons. The average Bonchev–Trinajstić information content (AvgIpc) is 2.90. The Balaban J connectivity index is 2.00. The summed E-state index contributed by atoms with van der Waals surface area (Å²) in [6.45, 7) is 3.69. The summed E-state index contributed by atoms with van der Waals surface area (Å²) in [5.41, 5.74) is 0.637. The molecule has 1 aromatic rings. The maximum absolute atomic E-state index is 12.2. The van der Waals surface area contributed by atoms with Crippen molar-refractivity contribution in [3.63, 3.8) is 0 Å². The number of carbonyl (C=O) groups is 2. The quantitative estimate of drug-likeness (QED) is 0.863. The second-order valence-electron chi connectivity index (χ2n) is 5.32. The highest BCUT2D eigenvalue weighted by molar-refractivity contribution is 9.10. The van der Waals surface area contributed by atoms with E-state index >= 15 is 0 Å². The van der Waals surface area contributed by atoms with Crippen LogP contribution in [0.1, 0.15) is 36.5 Å². The number of benzene rings is 1. The largest absolute Gasteiger partial charge is 0.478 e. The lowest BCUT2D eigenvalue weighted by Gasteiger charge is -2.17. The highest BCUT2D eigenvalue weighted by atomic mass is 79.9. The van der Waals surface area contributed by atoms with Crippen molar-refractivity contribution >= 4 is 33.6 Å². The van der Waals surface area contributed by atoms with Crippen molar-refractivity contribution in [2.45, 2.75) is 26.2 Å². The lowest BCUT2D eigenvalue weighted by molar-refractivity contribution is 0.0696. The van der Waals surface area contributed by atoms with Crippen molar-refractivity contribution in [3.8, 4) is 0 Å². The Labute approximate surface area is 132 Å². The Morgan fingerprint density at radius 2 is 2.24 bits per heavy atom. The number of hydrogen-bond donors (Lipinski definition) is 2. The highest BCUT2D eigenvalue weighted by Crippen LogP contribution is 2.24. The number of carboxylic acid groups (broad SMARTS) is 1. The van der Waals surface area contributed by atoms with Crippen LogP contribution in [-0.2, 0) is 0 Å². The Hall–Kier alpha value is -1.56. The molecule has 6 heteroatoms. The number of urea groups is 1. The zero-order valence-electron chi connectivity index (χ0n) is 11.9. The minimum absolute atomic E-state index is 0.137. The molecule has 1 aliphatic rings. The number of halogens is 1. The van der Waals surface area contributed by atoms with Crippen LogP contribution in [0.4, 0.5) is 10.5 Å². The fraction of sp³-hybridized carbons (Fsp3) is 0.467. The van der Waals surface area contributed by atoms with Gasteiger partial charge >= 0.3 is 12.0 Å². The van der Waals surface area contributed by atoms with Gasteiger partial charge in [0.2, 0.25) is 0 Å².